The molecule has 0 rings (SSSR count). The molecule has 4 nitrogen and oxygen atoms in total. The lowest BCUT2D eigenvalue weighted by atomic mass is 10.2. The second-order valence-corrected chi connectivity index (χ2v) is 2.65. The summed E-state index contributed by atoms with van der Waals surface area (Å²) in [5, 5.41) is 2.39. The van der Waals surface area contributed by atoms with Gasteiger partial charge in [0.25, 0.3) is 0 Å². The highest BCUT2D eigenvalue weighted by Gasteiger charge is 2.01. The topological polar surface area (TPSA) is 72.2 Å². The lowest BCUT2D eigenvalue weighted by molar-refractivity contribution is -0.124. The van der Waals surface area contributed by atoms with E-state index in [4.69, 9.17) is 12.2 Å². The van der Waals surface area contributed by atoms with Gasteiger partial charge in [-0.05, 0) is 12.8 Å². The van der Waals surface area contributed by atoms with Gasteiger partial charge in [0.05, 0.1) is 6.54 Å². The molecule has 0 radical (unpaired) electrons. The van der Waals surface area contributed by atoms with E-state index in [-0.39, 0.29) is 12.5 Å². The van der Waals surface area contributed by atoms with E-state index in [0.29, 0.717) is 12.8 Å². The number of nitrogens with one attached hydrogen (secondary N) is 1. The Labute approximate surface area is 77.9 Å². The normalized spacial score (nSPS) is 8.85. The summed E-state index contributed by atoms with van der Waals surface area (Å²) < 4.78 is 0. The highest BCUT2D eigenvalue weighted by Crippen LogP contribution is 1.97. The molecule has 0 bridgehead atoms. The molecule has 0 aromatic rings. The number of hydrogen-bond acceptors (Lipinski definition) is 2. The maximum Gasteiger partial charge on any atom is 0.236 e. The average Bonchev–Trinajstić information content (AvgIpc) is 2.09. The van der Waals surface area contributed by atoms with E-state index in [1.165, 1.54) is 0 Å². The third kappa shape index (κ3) is 8.41. The summed E-state index contributed by atoms with van der Waals surface area (Å²) in [6, 6.07) is 0. The summed E-state index contributed by atoms with van der Waals surface area (Å²) in [7, 11) is 0. The molecule has 0 unspecified atom stereocenters. The minimum absolute atomic E-state index is 0.0893. The van der Waals surface area contributed by atoms with Gasteiger partial charge in [-0.2, -0.15) is 0 Å². The number of primary amides is 1. The minimum Gasteiger partial charge on any atom is -0.368 e. The van der Waals surface area contributed by atoms with Crippen LogP contribution in [0.25, 0.3) is 0 Å². The fourth-order valence-electron chi connectivity index (χ4n) is 0.787. The fourth-order valence-corrected chi connectivity index (χ4v) is 0.787. The van der Waals surface area contributed by atoms with Gasteiger partial charge < -0.3 is 11.1 Å². The molecule has 0 aromatic carbocycles. The van der Waals surface area contributed by atoms with E-state index in [1.807, 2.05) is 0 Å². The molecule has 0 aliphatic carbocycles. The van der Waals surface area contributed by atoms with Crippen molar-refractivity contribution < 1.29 is 9.59 Å². The Morgan fingerprint density at radius 1 is 1.38 bits per heavy atom. The smallest absolute Gasteiger partial charge is 0.236 e. The molecule has 72 valence electrons. The molecular weight excluding hydrogens is 168 g/mol. The van der Waals surface area contributed by atoms with E-state index in [2.05, 4.69) is 11.2 Å². The summed E-state index contributed by atoms with van der Waals surface area (Å²) in [4.78, 5) is 21.2. The van der Waals surface area contributed by atoms with Crippen molar-refractivity contribution in [2.45, 2.75) is 25.7 Å². The summed E-state index contributed by atoms with van der Waals surface area (Å²) >= 11 is 0. The Bertz CT molecular complexity index is 218. The highest BCUT2D eigenvalue weighted by atomic mass is 16.2. The zero-order valence-electron chi connectivity index (χ0n) is 7.51. The predicted octanol–water partition coefficient (Wildman–Crippen LogP) is -0.219. The fraction of sp³-hybridized carbons (Fsp3) is 0.556. The molecule has 0 aliphatic rings. The van der Waals surface area contributed by atoms with Gasteiger partial charge in [0, 0.05) is 12.8 Å². The SMILES string of the molecule is C#CCCCCC(=O)NCC(N)=O. The number of amides is 2. The molecule has 4 heteroatoms. The molecule has 3 N–H and O–H groups in total. The molecule has 0 aromatic heterocycles. The van der Waals surface area contributed by atoms with Gasteiger partial charge >= 0.3 is 0 Å². The first-order valence-corrected chi connectivity index (χ1v) is 4.15. The van der Waals surface area contributed by atoms with Crippen molar-refractivity contribution in [1.82, 2.24) is 5.32 Å². The van der Waals surface area contributed by atoms with Gasteiger partial charge in [-0.15, -0.1) is 12.3 Å². The van der Waals surface area contributed by atoms with Crippen molar-refractivity contribution in [3.63, 3.8) is 0 Å². The van der Waals surface area contributed by atoms with E-state index in [9.17, 15) is 9.59 Å². The van der Waals surface area contributed by atoms with Crippen LogP contribution in [0.1, 0.15) is 25.7 Å². The third-order valence-corrected chi connectivity index (χ3v) is 1.43. The van der Waals surface area contributed by atoms with Crippen molar-refractivity contribution >= 4 is 11.8 Å². The van der Waals surface area contributed by atoms with Crippen molar-refractivity contribution in [3.05, 3.63) is 0 Å². The van der Waals surface area contributed by atoms with Gasteiger partial charge in [-0.25, -0.2) is 0 Å². The van der Waals surface area contributed by atoms with Crippen molar-refractivity contribution in [1.29, 1.82) is 0 Å². The van der Waals surface area contributed by atoms with Crippen LogP contribution in [0.5, 0.6) is 0 Å². The molecular formula is C9H14N2O2. The highest BCUT2D eigenvalue weighted by molar-refractivity contribution is 5.83. The Hall–Kier alpha value is -1.50. The summed E-state index contributed by atoms with van der Waals surface area (Å²) in [6.45, 7) is -0.0893. The van der Waals surface area contributed by atoms with Gasteiger partial charge in [0.15, 0.2) is 0 Å². The second-order valence-electron chi connectivity index (χ2n) is 2.65. The van der Waals surface area contributed by atoms with Crippen LogP contribution in [0.15, 0.2) is 0 Å². The van der Waals surface area contributed by atoms with Crippen molar-refractivity contribution in [2.75, 3.05) is 6.54 Å². The zero-order chi connectivity index (χ0) is 10.1. The molecule has 0 aliphatic heterocycles. The zero-order valence-corrected chi connectivity index (χ0v) is 7.51. The number of terminal acetylenes is 1. The third-order valence-electron chi connectivity index (χ3n) is 1.43. The van der Waals surface area contributed by atoms with E-state index < -0.39 is 5.91 Å². The van der Waals surface area contributed by atoms with Crippen molar-refractivity contribution in [2.24, 2.45) is 5.73 Å². The number of rotatable bonds is 6. The Balaban J connectivity index is 3.31. The first kappa shape index (κ1) is 11.5. The number of nitrogens with two attached hydrogens (primary N) is 1. The second kappa shape index (κ2) is 7.17. The van der Waals surface area contributed by atoms with Gasteiger partial charge in [0.1, 0.15) is 0 Å². The van der Waals surface area contributed by atoms with Crippen LogP contribution in [0, 0.1) is 12.3 Å². The molecule has 0 fully saturated rings. The Kier molecular flexibility index (Phi) is 6.34. The summed E-state index contributed by atoms with van der Waals surface area (Å²) in [5.74, 6) is 1.80. The summed E-state index contributed by atoms with van der Waals surface area (Å²) in [6.07, 6.45) is 7.69. The number of carbonyl (C=O) groups is 2. The van der Waals surface area contributed by atoms with Gasteiger partial charge in [-0.3, -0.25) is 9.59 Å². The number of hydrogen-bond donors (Lipinski definition) is 2. The van der Waals surface area contributed by atoms with Crippen LogP contribution < -0.4 is 11.1 Å². The molecule has 2 amide bonds. The Morgan fingerprint density at radius 3 is 2.62 bits per heavy atom. The van der Waals surface area contributed by atoms with Crippen LogP contribution in [0.4, 0.5) is 0 Å². The Morgan fingerprint density at radius 2 is 2.08 bits per heavy atom. The molecule has 0 atom stereocenters. The molecule has 0 heterocycles. The molecule has 0 saturated heterocycles. The number of unbranched alkanes of at least 4 members (excludes halogenated alkanes) is 2. The average molecular weight is 182 g/mol. The standard InChI is InChI=1S/C9H14N2O2/c1-2-3-4-5-6-9(13)11-7-8(10)12/h1H,3-7H2,(H2,10,12)(H,11,13). The molecule has 0 saturated carbocycles. The molecule has 0 spiro atoms. The maximum atomic E-state index is 10.9. The minimum atomic E-state index is -0.531. The first-order valence-electron chi connectivity index (χ1n) is 4.15. The predicted molar refractivity (Wildman–Crippen MR) is 49.5 cm³/mol. The monoisotopic (exact) mass is 182 g/mol. The lowest BCUT2D eigenvalue weighted by Crippen LogP contribution is -2.33. The van der Waals surface area contributed by atoms with E-state index in [0.717, 1.165) is 12.8 Å². The molecule has 13 heavy (non-hydrogen) atoms. The maximum absolute atomic E-state index is 10.9. The van der Waals surface area contributed by atoms with E-state index >= 15 is 0 Å². The van der Waals surface area contributed by atoms with Crippen LogP contribution in [0.2, 0.25) is 0 Å². The van der Waals surface area contributed by atoms with Gasteiger partial charge in [-0.1, -0.05) is 0 Å². The van der Waals surface area contributed by atoms with Crippen LogP contribution >= 0.6 is 0 Å². The van der Waals surface area contributed by atoms with E-state index in [1.54, 1.807) is 0 Å². The van der Waals surface area contributed by atoms with Gasteiger partial charge in [0.2, 0.25) is 11.8 Å². The summed E-state index contributed by atoms with van der Waals surface area (Å²) in [5.41, 5.74) is 4.84. The van der Waals surface area contributed by atoms with Crippen LogP contribution in [0.3, 0.4) is 0 Å². The quantitative estimate of drug-likeness (QED) is 0.440. The van der Waals surface area contributed by atoms with Crippen LogP contribution in [-0.4, -0.2) is 18.4 Å². The first-order chi connectivity index (χ1) is 6.16. The lowest BCUT2D eigenvalue weighted by Gasteiger charge is -2.00. The van der Waals surface area contributed by atoms with Crippen molar-refractivity contribution in [3.8, 4) is 12.3 Å². The van der Waals surface area contributed by atoms with Crippen LogP contribution in [-0.2, 0) is 9.59 Å². The number of carbonyl (C=O) groups excluding carboxylic acids is 2. The largest absolute Gasteiger partial charge is 0.368 e.